The van der Waals surface area contributed by atoms with E-state index >= 15 is 0 Å². The molecule has 2 saturated heterocycles. The second-order valence-corrected chi connectivity index (χ2v) is 9.10. The molecule has 0 saturated carbocycles. The van der Waals surface area contributed by atoms with Gasteiger partial charge in [-0.25, -0.2) is 4.79 Å². The van der Waals surface area contributed by atoms with Gasteiger partial charge in [-0.1, -0.05) is 37.6 Å². The fraction of sp³-hybridized carbons (Fsp3) is 0.636. The molecule has 0 bridgehead atoms. The lowest BCUT2D eigenvalue weighted by Crippen LogP contribution is -2.67. The van der Waals surface area contributed by atoms with Gasteiger partial charge in [0.15, 0.2) is 0 Å². The molecular weight excluding hydrogens is 433 g/mol. The van der Waals surface area contributed by atoms with E-state index in [1.807, 2.05) is 24.3 Å². The Labute approximate surface area is 186 Å². The maximum Gasteiger partial charge on any atom is 0.490 e. The molecule has 31 heavy (non-hydrogen) atoms. The van der Waals surface area contributed by atoms with Crippen LogP contribution in [0.2, 0.25) is 5.02 Å². The van der Waals surface area contributed by atoms with Gasteiger partial charge in [-0.15, -0.1) is 0 Å². The van der Waals surface area contributed by atoms with Crippen LogP contribution in [-0.4, -0.2) is 64.7 Å². The van der Waals surface area contributed by atoms with Crippen LogP contribution in [-0.2, 0) is 16.0 Å². The predicted molar refractivity (Wildman–Crippen MR) is 113 cm³/mol. The van der Waals surface area contributed by atoms with Gasteiger partial charge in [-0.05, 0) is 49.3 Å². The Morgan fingerprint density at radius 3 is 2.26 bits per heavy atom. The molecule has 2 fully saturated rings. The third kappa shape index (κ3) is 7.38. The predicted octanol–water partition coefficient (Wildman–Crippen LogP) is 4.63. The number of piperidine rings is 1. The first kappa shape index (κ1) is 25.5. The number of hydrogen-bond acceptors (Lipinski definition) is 3. The number of hydrogen-bond donors (Lipinski definition) is 1. The summed E-state index contributed by atoms with van der Waals surface area (Å²) < 4.78 is 31.7. The number of nitrogens with zero attached hydrogens (tertiary/aromatic N) is 2. The summed E-state index contributed by atoms with van der Waals surface area (Å²) in [5.74, 6) is -1.76. The molecule has 1 amide bonds. The first-order valence-electron chi connectivity index (χ1n) is 10.5. The Morgan fingerprint density at radius 2 is 1.77 bits per heavy atom. The summed E-state index contributed by atoms with van der Waals surface area (Å²) in [6, 6.07) is 7.83. The molecule has 2 aliphatic rings. The molecule has 2 aliphatic heterocycles. The van der Waals surface area contributed by atoms with E-state index in [-0.39, 0.29) is 5.54 Å². The minimum atomic E-state index is -5.08. The van der Waals surface area contributed by atoms with E-state index in [2.05, 4.69) is 23.6 Å². The fourth-order valence-electron chi connectivity index (χ4n) is 4.16. The molecule has 1 N–H and O–H groups in total. The highest BCUT2D eigenvalue weighted by Gasteiger charge is 2.47. The van der Waals surface area contributed by atoms with Crippen molar-refractivity contribution in [3.8, 4) is 0 Å². The SMILES string of the molecule is CC(C)CN1CCC12CCCN(C(=O)CCc1ccc(Cl)cc1)C2.O=C(O)C(F)(F)F. The number of alkyl halides is 3. The summed E-state index contributed by atoms with van der Waals surface area (Å²) in [7, 11) is 0. The Hall–Kier alpha value is -1.80. The number of amides is 1. The van der Waals surface area contributed by atoms with Gasteiger partial charge < -0.3 is 10.0 Å². The van der Waals surface area contributed by atoms with E-state index in [1.54, 1.807) is 0 Å². The van der Waals surface area contributed by atoms with Gasteiger partial charge in [-0.2, -0.15) is 13.2 Å². The average molecular weight is 463 g/mol. The van der Waals surface area contributed by atoms with Gasteiger partial charge in [0.25, 0.3) is 0 Å². The van der Waals surface area contributed by atoms with Gasteiger partial charge in [0.05, 0.1) is 0 Å². The molecule has 0 aromatic heterocycles. The van der Waals surface area contributed by atoms with Gasteiger partial charge >= 0.3 is 12.1 Å². The largest absolute Gasteiger partial charge is 0.490 e. The summed E-state index contributed by atoms with van der Waals surface area (Å²) in [5, 5.41) is 7.87. The van der Waals surface area contributed by atoms with E-state index in [0.717, 1.165) is 37.5 Å². The smallest absolute Gasteiger partial charge is 0.475 e. The zero-order valence-electron chi connectivity index (χ0n) is 17.9. The van der Waals surface area contributed by atoms with Gasteiger partial charge in [0, 0.05) is 43.2 Å². The highest BCUT2D eigenvalue weighted by atomic mass is 35.5. The molecular formula is C22H30ClF3N2O3. The Morgan fingerprint density at radius 1 is 1.16 bits per heavy atom. The Bertz CT molecular complexity index is 755. The van der Waals surface area contributed by atoms with Gasteiger partial charge in [-0.3, -0.25) is 9.69 Å². The number of likely N-dealkylation sites (tertiary alicyclic amines) is 2. The van der Waals surface area contributed by atoms with Crippen LogP contribution in [0, 0.1) is 5.92 Å². The molecule has 2 heterocycles. The average Bonchev–Trinajstić information content (AvgIpc) is 2.70. The lowest BCUT2D eigenvalue weighted by Gasteiger charge is -2.57. The van der Waals surface area contributed by atoms with Gasteiger partial charge in [0.2, 0.25) is 5.91 Å². The van der Waals surface area contributed by atoms with Crippen LogP contribution in [0.5, 0.6) is 0 Å². The lowest BCUT2D eigenvalue weighted by molar-refractivity contribution is -0.192. The minimum Gasteiger partial charge on any atom is -0.475 e. The van der Waals surface area contributed by atoms with Crippen molar-refractivity contribution in [1.82, 2.24) is 9.80 Å². The van der Waals surface area contributed by atoms with Crippen LogP contribution < -0.4 is 0 Å². The van der Waals surface area contributed by atoms with Crippen LogP contribution in [0.15, 0.2) is 24.3 Å². The van der Waals surface area contributed by atoms with Crippen molar-refractivity contribution < 1.29 is 27.9 Å². The first-order valence-corrected chi connectivity index (χ1v) is 10.9. The molecule has 1 aromatic carbocycles. The third-order valence-corrected chi connectivity index (χ3v) is 6.05. The highest BCUT2D eigenvalue weighted by molar-refractivity contribution is 6.30. The summed E-state index contributed by atoms with van der Waals surface area (Å²) in [5.41, 5.74) is 1.46. The second-order valence-electron chi connectivity index (χ2n) is 8.66. The standard InChI is InChI=1S/C20H29ClN2O.C2HF3O2/c1-16(2)14-23-13-11-20(23)10-3-12-22(15-20)19(24)9-6-17-4-7-18(21)8-5-17;3-2(4,5)1(6)7/h4-5,7-8,16H,3,6,9-15H2,1-2H3;(H,6,7). The Balaban J connectivity index is 0.000000423. The molecule has 9 heteroatoms. The number of aryl methyl sites for hydroxylation is 1. The summed E-state index contributed by atoms with van der Waals surface area (Å²) in [6.45, 7) is 8.78. The number of carboxylic acids is 1. The number of carbonyl (C=O) groups excluding carboxylic acids is 1. The van der Waals surface area contributed by atoms with Crippen LogP contribution in [0.3, 0.4) is 0 Å². The topological polar surface area (TPSA) is 60.9 Å². The van der Waals surface area contributed by atoms with Crippen molar-refractivity contribution in [3.63, 3.8) is 0 Å². The van der Waals surface area contributed by atoms with Crippen LogP contribution >= 0.6 is 11.6 Å². The van der Waals surface area contributed by atoms with E-state index < -0.39 is 12.1 Å². The number of benzene rings is 1. The van der Waals surface area contributed by atoms with Crippen molar-refractivity contribution >= 4 is 23.5 Å². The van der Waals surface area contributed by atoms with Crippen LogP contribution in [0.4, 0.5) is 13.2 Å². The van der Waals surface area contributed by atoms with Crippen molar-refractivity contribution in [3.05, 3.63) is 34.9 Å². The zero-order chi connectivity index (χ0) is 23.2. The molecule has 174 valence electrons. The fourth-order valence-corrected chi connectivity index (χ4v) is 4.29. The number of carbonyl (C=O) groups is 2. The van der Waals surface area contributed by atoms with Crippen LogP contribution in [0.1, 0.15) is 45.1 Å². The normalized spacial score (nSPS) is 21.5. The molecule has 3 rings (SSSR count). The third-order valence-electron chi connectivity index (χ3n) is 5.79. The molecule has 1 aromatic rings. The summed E-state index contributed by atoms with van der Waals surface area (Å²) >= 11 is 5.92. The van der Waals surface area contributed by atoms with Crippen molar-refractivity contribution in [2.45, 2.75) is 57.7 Å². The number of carboxylic acid groups (broad SMARTS) is 1. The number of aliphatic carboxylic acids is 1. The van der Waals surface area contributed by atoms with Crippen LogP contribution in [0.25, 0.3) is 0 Å². The monoisotopic (exact) mass is 462 g/mol. The molecule has 1 unspecified atom stereocenters. The highest BCUT2D eigenvalue weighted by Crippen LogP contribution is 2.39. The van der Waals surface area contributed by atoms with Crippen molar-refractivity contribution in [2.75, 3.05) is 26.2 Å². The van der Waals surface area contributed by atoms with Crippen molar-refractivity contribution in [1.29, 1.82) is 0 Å². The molecule has 1 spiro atoms. The van der Waals surface area contributed by atoms with E-state index in [4.69, 9.17) is 21.5 Å². The number of rotatable bonds is 5. The number of halogens is 4. The molecule has 5 nitrogen and oxygen atoms in total. The second kappa shape index (κ2) is 10.7. The first-order chi connectivity index (χ1) is 14.4. The maximum atomic E-state index is 12.7. The van der Waals surface area contributed by atoms with Crippen molar-refractivity contribution in [2.24, 2.45) is 5.92 Å². The summed E-state index contributed by atoms with van der Waals surface area (Å²) in [6.07, 6.45) is -0.0419. The van der Waals surface area contributed by atoms with E-state index in [9.17, 15) is 18.0 Å². The molecule has 0 radical (unpaired) electrons. The summed E-state index contributed by atoms with van der Waals surface area (Å²) in [4.78, 5) is 26.3. The zero-order valence-corrected chi connectivity index (χ0v) is 18.7. The van der Waals surface area contributed by atoms with E-state index in [0.29, 0.717) is 18.2 Å². The Kier molecular flexibility index (Phi) is 8.77. The quantitative estimate of drug-likeness (QED) is 0.693. The van der Waals surface area contributed by atoms with Gasteiger partial charge in [0.1, 0.15) is 0 Å². The van der Waals surface area contributed by atoms with E-state index in [1.165, 1.54) is 24.9 Å². The maximum absolute atomic E-state index is 12.7. The molecule has 1 atom stereocenters. The minimum absolute atomic E-state index is 0.276. The lowest BCUT2D eigenvalue weighted by atomic mass is 9.77. The molecule has 0 aliphatic carbocycles.